The second-order valence-electron chi connectivity index (χ2n) is 5.20. The number of hydrogen-bond acceptors (Lipinski definition) is 2. The molecule has 0 saturated carbocycles. The van der Waals surface area contributed by atoms with Gasteiger partial charge in [0.1, 0.15) is 0 Å². The molecule has 1 atom stereocenters. The lowest BCUT2D eigenvalue weighted by atomic mass is 9.97. The van der Waals surface area contributed by atoms with Gasteiger partial charge in [0.05, 0.1) is 6.67 Å². The SMILES string of the molecule is Cc1cc(C)cc([C@@H](CCF)N2CCNCC2)c1. The number of piperazine rings is 1. The largest absolute Gasteiger partial charge is 0.314 e. The molecule has 0 aromatic heterocycles. The molecule has 0 aliphatic carbocycles. The summed E-state index contributed by atoms with van der Waals surface area (Å²) < 4.78 is 12.8. The molecule has 2 rings (SSSR count). The first-order valence-electron chi connectivity index (χ1n) is 6.79. The minimum Gasteiger partial charge on any atom is -0.314 e. The molecule has 1 aromatic rings. The Morgan fingerprint density at radius 3 is 2.33 bits per heavy atom. The summed E-state index contributed by atoms with van der Waals surface area (Å²) in [6.45, 7) is 8.01. The van der Waals surface area contributed by atoms with Crippen molar-refractivity contribution < 1.29 is 4.39 Å². The van der Waals surface area contributed by atoms with Crippen LogP contribution in [-0.4, -0.2) is 37.8 Å². The van der Waals surface area contributed by atoms with Gasteiger partial charge in [0.2, 0.25) is 0 Å². The molecule has 100 valence electrons. The second-order valence-corrected chi connectivity index (χ2v) is 5.20. The van der Waals surface area contributed by atoms with Crippen LogP contribution in [0.4, 0.5) is 4.39 Å². The molecule has 1 fully saturated rings. The van der Waals surface area contributed by atoms with Crippen molar-refractivity contribution in [2.75, 3.05) is 32.9 Å². The molecule has 0 amide bonds. The third kappa shape index (κ3) is 3.30. The number of halogens is 1. The quantitative estimate of drug-likeness (QED) is 0.883. The summed E-state index contributed by atoms with van der Waals surface area (Å²) in [6, 6.07) is 6.81. The molecule has 1 saturated heterocycles. The van der Waals surface area contributed by atoms with E-state index in [0.29, 0.717) is 6.42 Å². The van der Waals surface area contributed by atoms with Crippen LogP contribution in [0.2, 0.25) is 0 Å². The Morgan fingerprint density at radius 1 is 1.17 bits per heavy atom. The van der Waals surface area contributed by atoms with Crippen molar-refractivity contribution in [1.82, 2.24) is 10.2 Å². The number of nitrogens with one attached hydrogen (secondary N) is 1. The lowest BCUT2D eigenvalue weighted by molar-refractivity contribution is 0.157. The van der Waals surface area contributed by atoms with Gasteiger partial charge in [0.15, 0.2) is 0 Å². The van der Waals surface area contributed by atoms with Gasteiger partial charge in [-0.25, -0.2) is 0 Å². The molecule has 0 bridgehead atoms. The molecular formula is C15H23FN2. The fourth-order valence-electron chi connectivity index (χ4n) is 2.86. The second kappa shape index (κ2) is 6.30. The maximum absolute atomic E-state index is 12.8. The molecule has 3 heteroatoms. The number of rotatable bonds is 4. The molecule has 1 heterocycles. The van der Waals surface area contributed by atoms with Crippen LogP contribution in [0.15, 0.2) is 18.2 Å². The van der Waals surface area contributed by atoms with Crippen LogP contribution in [0, 0.1) is 13.8 Å². The zero-order valence-corrected chi connectivity index (χ0v) is 11.4. The normalized spacial score (nSPS) is 18.8. The van der Waals surface area contributed by atoms with E-state index in [2.05, 4.69) is 42.3 Å². The van der Waals surface area contributed by atoms with Crippen molar-refractivity contribution in [2.45, 2.75) is 26.3 Å². The average molecular weight is 250 g/mol. The highest BCUT2D eigenvalue weighted by Gasteiger charge is 2.22. The first-order valence-corrected chi connectivity index (χ1v) is 6.79. The fourth-order valence-corrected chi connectivity index (χ4v) is 2.86. The van der Waals surface area contributed by atoms with Gasteiger partial charge in [-0.1, -0.05) is 29.3 Å². The Hall–Kier alpha value is -0.930. The molecule has 2 nitrogen and oxygen atoms in total. The van der Waals surface area contributed by atoms with Crippen LogP contribution >= 0.6 is 0 Å². The Balaban J connectivity index is 2.22. The Kier molecular flexibility index (Phi) is 4.72. The van der Waals surface area contributed by atoms with Crippen LogP contribution in [-0.2, 0) is 0 Å². The van der Waals surface area contributed by atoms with Gasteiger partial charge in [-0.05, 0) is 25.8 Å². The molecule has 0 spiro atoms. The highest BCUT2D eigenvalue weighted by atomic mass is 19.1. The van der Waals surface area contributed by atoms with Gasteiger partial charge in [-0.3, -0.25) is 9.29 Å². The van der Waals surface area contributed by atoms with E-state index in [0.717, 1.165) is 26.2 Å². The van der Waals surface area contributed by atoms with Crippen LogP contribution in [0.5, 0.6) is 0 Å². The predicted molar refractivity (Wildman–Crippen MR) is 73.7 cm³/mol. The summed E-state index contributed by atoms with van der Waals surface area (Å²) in [6.07, 6.45) is 0.600. The molecule has 0 unspecified atom stereocenters. The van der Waals surface area contributed by atoms with Crippen molar-refractivity contribution in [3.63, 3.8) is 0 Å². The first kappa shape index (κ1) is 13.5. The summed E-state index contributed by atoms with van der Waals surface area (Å²) in [5.41, 5.74) is 3.81. The third-order valence-corrected chi connectivity index (χ3v) is 3.60. The standard InChI is InChI=1S/C15H23FN2/c1-12-9-13(2)11-14(10-12)15(3-4-16)18-7-5-17-6-8-18/h9-11,15,17H,3-8H2,1-2H3/t15-/m1/s1. The van der Waals surface area contributed by atoms with E-state index < -0.39 is 0 Å². The van der Waals surface area contributed by atoms with Crippen LogP contribution in [0.1, 0.15) is 29.2 Å². The monoisotopic (exact) mass is 250 g/mol. The molecule has 1 N–H and O–H groups in total. The molecule has 1 aliphatic heterocycles. The van der Waals surface area contributed by atoms with Crippen molar-refractivity contribution >= 4 is 0 Å². The highest BCUT2D eigenvalue weighted by Crippen LogP contribution is 2.26. The van der Waals surface area contributed by atoms with Gasteiger partial charge < -0.3 is 5.32 Å². The van der Waals surface area contributed by atoms with Gasteiger partial charge in [-0.2, -0.15) is 0 Å². The topological polar surface area (TPSA) is 15.3 Å². The van der Waals surface area contributed by atoms with E-state index in [1.165, 1.54) is 16.7 Å². The molecule has 18 heavy (non-hydrogen) atoms. The van der Waals surface area contributed by atoms with Crippen LogP contribution in [0.3, 0.4) is 0 Å². The van der Waals surface area contributed by atoms with Crippen molar-refractivity contribution in [2.24, 2.45) is 0 Å². The number of benzene rings is 1. The summed E-state index contributed by atoms with van der Waals surface area (Å²) in [5.74, 6) is 0. The summed E-state index contributed by atoms with van der Waals surface area (Å²) in [5, 5.41) is 3.35. The smallest absolute Gasteiger partial charge is 0.0912 e. The van der Waals surface area contributed by atoms with Gasteiger partial charge in [0, 0.05) is 32.2 Å². The van der Waals surface area contributed by atoms with Crippen LogP contribution in [0.25, 0.3) is 0 Å². The van der Waals surface area contributed by atoms with E-state index in [1.807, 2.05) is 0 Å². The van der Waals surface area contributed by atoms with E-state index >= 15 is 0 Å². The average Bonchev–Trinajstić information content (AvgIpc) is 2.36. The van der Waals surface area contributed by atoms with Crippen molar-refractivity contribution in [3.05, 3.63) is 34.9 Å². The highest BCUT2D eigenvalue weighted by molar-refractivity contribution is 5.30. The number of hydrogen-bond donors (Lipinski definition) is 1. The van der Waals surface area contributed by atoms with Gasteiger partial charge in [-0.15, -0.1) is 0 Å². The predicted octanol–water partition coefficient (Wildman–Crippen LogP) is 2.61. The summed E-state index contributed by atoms with van der Waals surface area (Å²) >= 11 is 0. The third-order valence-electron chi connectivity index (χ3n) is 3.60. The molecule has 1 aliphatic rings. The van der Waals surface area contributed by atoms with E-state index in [1.54, 1.807) is 0 Å². The van der Waals surface area contributed by atoms with Gasteiger partial charge in [0.25, 0.3) is 0 Å². The first-order chi connectivity index (χ1) is 8.70. The Bertz CT molecular complexity index is 366. The van der Waals surface area contributed by atoms with Gasteiger partial charge >= 0.3 is 0 Å². The lowest BCUT2D eigenvalue weighted by Gasteiger charge is -2.35. The van der Waals surface area contributed by atoms with E-state index in [9.17, 15) is 4.39 Å². The fraction of sp³-hybridized carbons (Fsp3) is 0.600. The minimum absolute atomic E-state index is 0.232. The summed E-state index contributed by atoms with van der Waals surface area (Å²) in [7, 11) is 0. The minimum atomic E-state index is -0.248. The maximum atomic E-state index is 12.8. The maximum Gasteiger partial charge on any atom is 0.0912 e. The molecular weight excluding hydrogens is 227 g/mol. The number of nitrogens with zero attached hydrogens (tertiary/aromatic N) is 1. The summed E-state index contributed by atoms with van der Waals surface area (Å²) in [4.78, 5) is 2.41. The number of aryl methyl sites for hydroxylation is 2. The van der Waals surface area contributed by atoms with Crippen molar-refractivity contribution in [3.8, 4) is 0 Å². The van der Waals surface area contributed by atoms with Crippen LogP contribution < -0.4 is 5.32 Å². The van der Waals surface area contributed by atoms with E-state index in [4.69, 9.17) is 0 Å². The molecule has 1 aromatic carbocycles. The lowest BCUT2D eigenvalue weighted by Crippen LogP contribution is -2.45. The Labute approximate surface area is 109 Å². The van der Waals surface area contributed by atoms with Crippen molar-refractivity contribution in [1.29, 1.82) is 0 Å². The van der Waals surface area contributed by atoms with E-state index in [-0.39, 0.29) is 12.7 Å². The molecule has 0 radical (unpaired) electrons. The zero-order valence-electron chi connectivity index (χ0n) is 11.4. The Morgan fingerprint density at radius 2 is 1.78 bits per heavy atom. The number of alkyl halides is 1. The zero-order chi connectivity index (χ0) is 13.0.